The van der Waals surface area contributed by atoms with Gasteiger partial charge in [0.25, 0.3) is 11.8 Å². The number of fused-ring (bicyclic) bond motifs is 1. The van der Waals surface area contributed by atoms with Crippen molar-refractivity contribution in [1.29, 1.82) is 5.26 Å². The third-order valence-corrected chi connectivity index (χ3v) is 2.80. The topological polar surface area (TPSA) is 61.2 Å². The Labute approximate surface area is 105 Å². The maximum atomic E-state index is 12.0. The molecule has 4 heteroatoms. The van der Waals surface area contributed by atoms with Crippen LogP contribution in [0.15, 0.2) is 36.5 Å². The molecule has 2 rings (SSSR count). The first-order chi connectivity index (χ1) is 8.65. The number of hydrogen-bond acceptors (Lipinski definition) is 3. The molecule has 1 aliphatic heterocycles. The quantitative estimate of drug-likeness (QED) is 0.762. The van der Waals surface area contributed by atoms with Gasteiger partial charge in [-0.05, 0) is 18.1 Å². The van der Waals surface area contributed by atoms with E-state index >= 15 is 0 Å². The fraction of sp³-hybridized carbons (Fsp3) is 0.214. The molecule has 1 aliphatic rings. The minimum Gasteiger partial charge on any atom is -0.268 e. The largest absolute Gasteiger partial charge is 0.268 e. The molecule has 0 spiro atoms. The number of amides is 2. The van der Waals surface area contributed by atoms with E-state index in [-0.39, 0.29) is 17.7 Å². The molecule has 90 valence electrons. The van der Waals surface area contributed by atoms with Gasteiger partial charge in [0.1, 0.15) is 0 Å². The fourth-order valence-electron chi connectivity index (χ4n) is 1.79. The second kappa shape index (κ2) is 4.84. The Morgan fingerprint density at radius 2 is 1.83 bits per heavy atom. The maximum absolute atomic E-state index is 12.0. The van der Waals surface area contributed by atoms with Gasteiger partial charge in [0.15, 0.2) is 0 Å². The van der Waals surface area contributed by atoms with Crippen molar-refractivity contribution in [2.75, 3.05) is 0 Å². The number of imide groups is 1. The molecule has 0 N–H and O–H groups in total. The van der Waals surface area contributed by atoms with Gasteiger partial charge in [0.2, 0.25) is 0 Å². The van der Waals surface area contributed by atoms with Crippen molar-refractivity contribution >= 4 is 11.8 Å². The predicted molar refractivity (Wildman–Crippen MR) is 65.5 cm³/mol. The molecule has 1 atom stereocenters. The smallest absolute Gasteiger partial charge is 0.265 e. The summed E-state index contributed by atoms with van der Waals surface area (Å²) in [5.41, 5.74) is 0.861. The van der Waals surface area contributed by atoms with Crippen LogP contribution in [0.2, 0.25) is 0 Å². The monoisotopic (exact) mass is 240 g/mol. The number of hydrogen-bond donors (Lipinski definition) is 0. The second-order valence-electron chi connectivity index (χ2n) is 4.21. The standard InChI is InChI=1S/C14H12N2O2/c1-10(6-8-15)7-9-16-13(17)11-4-2-3-5-12(11)14(16)18/h2-5,7,9-10H,6H2,1H3/b9-7+. The van der Waals surface area contributed by atoms with E-state index in [1.165, 1.54) is 6.20 Å². The zero-order chi connectivity index (χ0) is 13.1. The van der Waals surface area contributed by atoms with Crippen molar-refractivity contribution in [3.63, 3.8) is 0 Å². The zero-order valence-corrected chi connectivity index (χ0v) is 9.96. The summed E-state index contributed by atoms with van der Waals surface area (Å²) >= 11 is 0. The van der Waals surface area contributed by atoms with Crippen LogP contribution in [0.5, 0.6) is 0 Å². The van der Waals surface area contributed by atoms with Crippen LogP contribution in [0.3, 0.4) is 0 Å². The summed E-state index contributed by atoms with van der Waals surface area (Å²) < 4.78 is 0. The molecule has 2 amide bonds. The molecule has 1 aromatic carbocycles. The number of rotatable bonds is 3. The Hall–Kier alpha value is -2.41. The molecule has 4 nitrogen and oxygen atoms in total. The van der Waals surface area contributed by atoms with E-state index in [0.29, 0.717) is 17.5 Å². The van der Waals surface area contributed by atoms with Gasteiger partial charge < -0.3 is 0 Å². The van der Waals surface area contributed by atoms with Gasteiger partial charge in [-0.3, -0.25) is 9.59 Å². The molecule has 0 radical (unpaired) electrons. The van der Waals surface area contributed by atoms with Gasteiger partial charge >= 0.3 is 0 Å². The van der Waals surface area contributed by atoms with Crippen LogP contribution in [0, 0.1) is 17.2 Å². The Kier molecular flexibility index (Phi) is 3.24. The fourth-order valence-corrected chi connectivity index (χ4v) is 1.79. The third kappa shape index (κ3) is 2.03. The van der Waals surface area contributed by atoms with Crippen LogP contribution >= 0.6 is 0 Å². The van der Waals surface area contributed by atoms with Crippen molar-refractivity contribution in [3.8, 4) is 6.07 Å². The molecule has 18 heavy (non-hydrogen) atoms. The lowest BCUT2D eigenvalue weighted by atomic mass is 10.1. The molecule has 0 fully saturated rings. The van der Waals surface area contributed by atoms with Crippen LogP contribution in [0.4, 0.5) is 0 Å². The molecule has 0 bridgehead atoms. The highest BCUT2D eigenvalue weighted by Gasteiger charge is 2.33. The van der Waals surface area contributed by atoms with E-state index in [2.05, 4.69) is 0 Å². The summed E-state index contributed by atoms with van der Waals surface area (Å²) in [6.45, 7) is 1.86. The van der Waals surface area contributed by atoms with E-state index in [9.17, 15) is 9.59 Å². The van der Waals surface area contributed by atoms with E-state index < -0.39 is 0 Å². The van der Waals surface area contributed by atoms with Crippen molar-refractivity contribution in [3.05, 3.63) is 47.7 Å². The lowest BCUT2D eigenvalue weighted by Gasteiger charge is -2.08. The molecule has 0 saturated carbocycles. The molecule has 1 unspecified atom stereocenters. The normalized spacial score (nSPS) is 15.9. The Balaban J connectivity index is 2.22. The summed E-state index contributed by atoms with van der Waals surface area (Å²) in [7, 11) is 0. The second-order valence-corrected chi connectivity index (χ2v) is 4.21. The van der Waals surface area contributed by atoms with E-state index in [4.69, 9.17) is 5.26 Å². The Bertz CT molecular complexity index is 534. The number of nitriles is 1. The van der Waals surface area contributed by atoms with Crippen LogP contribution in [0.1, 0.15) is 34.1 Å². The minimum absolute atomic E-state index is 0.0133. The van der Waals surface area contributed by atoms with E-state index in [1.54, 1.807) is 30.3 Å². The van der Waals surface area contributed by atoms with E-state index in [1.807, 2.05) is 13.0 Å². The number of carbonyl (C=O) groups is 2. The Morgan fingerprint density at radius 1 is 1.28 bits per heavy atom. The molecule has 1 aromatic rings. The average molecular weight is 240 g/mol. The number of allylic oxidation sites excluding steroid dienone is 1. The van der Waals surface area contributed by atoms with Crippen LogP contribution in [-0.2, 0) is 0 Å². The van der Waals surface area contributed by atoms with Gasteiger partial charge in [-0.15, -0.1) is 0 Å². The van der Waals surface area contributed by atoms with Crippen molar-refractivity contribution in [2.45, 2.75) is 13.3 Å². The van der Waals surface area contributed by atoms with Crippen LogP contribution < -0.4 is 0 Å². The first-order valence-electron chi connectivity index (χ1n) is 5.67. The van der Waals surface area contributed by atoms with Crippen molar-refractivity contribution in [2.24, 2.45) is 5.92 Å². The van der Waals surface area contributed by atoms with Crippen LogP contribution in [-0.4, -0.2) is 16.7 Å². The van der Waals surface area contributed by atoms with Gasteiger partial charge in [-0.25, -0.2) is 4.90 Å². The first-order valence-corrected chi connectivity index (χ1v) is 5.67. The highest BCUT2D eigenvalue weighted by atomic mass is 16.2. The zero-order valence-electron chi connectivity index (χ0n) is 9.96. The predicted octanol–water partition coefficient (Wildman–Crippen LogP) is 2.35. The Morgan fingerprint density at radius 3 is 2.33 bits per heavy atom. The lowest BCUT2D eigenvalue weighted by Crippen LogP contribution is -2.23. The van der Waals surface area contributed by atoms with Gasteiger partial charge in [-0.1, -0.05) is 25.1 Å². The van der Waals surface area contributed by atoms with E-state index in [0.717, 1.165) is 4.90 Å². The summed E-state index contributed by atoms with van der Waals surface area (Å²) in [5, 5.41) is 8.54. The highest BCUT2D eigenvalue weighted by Crippen LogP contribution is 2.22. The summed E-state index contributed by atoms with van der Waals surface area (Å²) in [6.07, 6.45) is 3.53. The highest BCUT2D eigenvalue weighted by molar-refractivity contribution is 6.22. The maximum Gasteiger partial charge on any atom is 0.265 e. The average Bonchev–Trinajstić information content (AvgIpc) is 2.61. The summed E-state index contributed by atoms with van der Waals surface area (Å²) in [4.78, 5) is 25.0. The molecule has 0 saturated heterocycles. The summed E-state index contributed by atoms with van der Waals surface area (Å²) in [6, 6.07) is 8.79. The van der Waals surface area contributed by atoms with Crippen molar-refractivity contribution < 1.29 is 9.59 Å². The minimum atomic E-state index is -0.309. The number of nitrogens with zero attached hydrogens (tertiary/aromatic N) is 2. The number of carbonyl (C=O) groups excluding carboxylic acids is 2. The molecule has 0 aromatic heterocycles. The first kappa shape index (κ1) is 12.1. The van der Waals surface area contributed by atoms with Gasteiger partial charge in [-0.2, -0.15) is 5.26 Å². The molecule has 1 heterocycles. The van der Waals surface area contributed by atoms with Gasteiger partial charge in [0.05, 0.1) is 17.2 Å². The molecule has 0 aliphatic carbocycles. The summed E-state index contributed by atoms with van der Waals surface area (Å²) in [5.74, 6) is -0.605. The third-order valence-electron chi connectivity index (χ3n) is 2.80. The SMILES string of the molecule is CC(/C=C/N1C(=O)c2ccccc2C1=O)CC#N. The molecular weight excluding hydrogens is 228 g/mol. The lowest BCUT2D eigenvalue weighted by molar-refractivity contribution is 0.0721. The number of benzene rings is 1. The molecular formula is C14H12N2O2. The van der Waals surface area contributed by atoms with Gasteiger partial charge in [0, 0.05) is 12.6 Å². The van der Waals surface area contributed by atoms with Crippen LogP contribution in [0.25, 0.3) is 0 Å². The van der Waals surface area contributed by atoms with Crippen molar-refractivity contribution in [1.82, 2.24) is 4.90 Å².